The van der Waals surface area contributed by atoms with Gasteiger partial charge in [-0.05, 0) is 18.3 Å². The highest BCUT2D eigenvalue weighted by Crippen LogP contribution is 2.44. The Labute approximate surface area is 141 Å². The molecule has 0 aliphatic carbocycles. The van der Waals surface area contributed by atoms with Crippen LogP contribution in [0.25, 0.3) is 10.9 Å². The third-order valence-electron chi connectivity index (χ3n) is 3.88. The molecule has 4 atom stereocenters. The van der Waals surface area contributed by atoms with Gasteiger partial charge >= 0.3 is 0 Å². The first-order valence-electron chi connectivity index (χ1n) is 7.11. The van der Waals surface area contributed by atoms with Gasteiger partial charge in [-0.3, -0.25) is 4.57 Å². The maximum absolute atomic E-state index is 10.5. The van der Waals surface area contributed by atoms with Crippen molar-refractivity contribution in [3.8, 4) is 5.88 Å². The van der Waals surface area contributed by atoms with Crippen LogP contribution in [0.2, 0.25) is 0 Å². The van der Waals surface area contributed by atoms with Crippen LogP contribution < -0.4 is 5.73 Å². The van der Waals surface area contributed by atoms with Crippen LogP contribution >= 0.6 is 12.2 Å². The number of benzene rings is 1. The van der Waals surface area contributed by atoms with E-state index in [4.69, 9.17) is 10.5 Å². The van der Waals surface area contributed by atoms with Crippen molar-refractivity contribution in [1.29, 1.82) is 0 Å². The number of rotatable bonds is 3. The number of fused-ring (bicyclic) bond motifs is 1. The van der Waals surface area contributed by atoms with E-state index in [1.165, 1.54) is 4.57 Å². The fraction of sp³-hybridized carbons (Fsp3) is 0.357. The molecule has 2 aromatic rings. The van der Waals surface area contributed by atoms with E-state index in [2.05, 4.69) is 22.4 Å². The maximum atomic E-state index is 10.5. The van der Waals surface area contributed by atoms with Crippen molar-refractivity contribution in [3.05, 3.63) is 24.3 Å². The molecule has 1 fully saturated rings. The van der Waals surface area contributed by atoms with Gasteiger partial charge in [-0.1, -0.05) is 18.2 Å². The van der Waals surface area contributed by atoms with E-state index in [-0.39, 0.29) is 16.7 Å². The van der Waals surface area contributed by atoms with Gasteiger partial charge in [0.05, 0.1) is 12.1 Å². The number of azo groups is 1. The molecule has 6 N–H and O–H groups in total. The number of nitrogens with two attached hydrogens (primary N) is 1. The minimum atomic E-state index is -1.34. The molecule has 0 bridgehead atoms. The summed E-state index contributed by atoms with van der Waals surface area (Å²) in [5, 5.41) is 47.7. The predicted octanol–water partition coefficient (Wildman–Crippen LogP) is 0.286. The summed E-state index contributed by atoms with van der Waals surface area (Å²) in [5.41, 5.74) is 5.91. The highest BCUT2D eigenvalue weighted by Gasteiger charge is 2.45. The molecule has 1 aromatic carbocycles. The summed E-state index contributed by atoms with van der Waals surface area (Å²) in [4.78, 5) is 0. The molecule has 0 amide bonds. The second-order valence-electron chi connectivity index (χ2n) is 5.33. The van der Waals surface area contributed by atoms with Crippen molar-refractivity contribution in [2.45, 2.75) is 24.5 Å². The molecule has 0 unspecified atom stereocenters. The lowest BCUT2D eigenvalue weighted by molar-refractivity contribution is -0.0530. The second-order valence-corrected chi connectivity index (χ2v) is 5.74. The zero-order valence-corrected chi connectivity index (χ0v) is 13.2. The average Bonchev–Trinajstić information content (AvgIpc) is 3.00. The lowest BCUT2D eigenvalue weighted by atomic mass is 10.1. The van der Waals surface area contributed by atoms with Crippen LogP contribution in [0.5, 0.6) is 5.88 Å². The molecule has 9 nitrogen and oxygen atoms in total. The lowest BCUT2D eigenvalue weighted by Crippen LogP contribution is -2.33. The van der Waals surface area contributed by atoms with E-state index < -0.39 is 31.1 Å². The van der Waals surface area contributed by atoms with Gasteiger partial charge in [0.2, 0.25) is 11.0 Å². The average molecular weight is 352 g/mol. The number of aromatic nitrogens is 1. The molecular formula is C14H16N4O5S. The fourth-order valence-corrected chi connectivity index (χ4v) is 2.82. The number of aliphatic hydroxyl groups excluding tert-OH is 3. The molecule has 0 spiro atoms. The first kappa shape index (κ1) is 16.7. The molecule has 0 saturated carbocycles. The summed E-state index contributed by atoms with van der Waals surface area (Å²) < 4.78 is 6.76. The van der Waals surface area contributed by atoms with Crippen molar-refractivity contribution in [3.63, 3.8) is 0 Å². The standard InChI is InChI=1S/C14H16N4O5S/c15-14(24)17-16-9-6-3-1-2-4-7(6)18(12(9)22)13-11(21)10(20)8(5-19)23-13/h1-4,8,10-11,13,19-22H,5H2,(H2,15,24)/t8-,10-,11-,13-/m1/s1. The van der Waals surface area contributed by atoms with E-state index >= 15 is 0 Å². The van der Waals surface area contributed by atoms with Crippen LogP contribution in [0, 0.1) is 0 Å². The minimum absolute atomic E-state index is 0.108. The van der Waals surface area contributed by atoms with E-state index in [0.717, 1.165) is 0 Å². The Morgan fingerprint density at radius 2 is 2.00 bits per heavy atom. The van der Waals surface area contributed by atoms with Gasteiger partial charge in [0.25, 0.3) is 0 Å². The summed E-state index contributed by atoms with van der Waals surface area (Å²) in [5.74, 6) is -0.328. The largest absolute Gasteiger partial charge is 0.493 e. The van der Waals surface area contributed by atoms with Gasteiger partial charge in [0.15, 0.2) is 11.9 Å². The molecule has 1 saturated heterocycles. The first-order chi connectivity index (χ1) is 11.5. The van der Waals surface area contributed by atoms with Gasteiger partial charge in [-0.25, -0.2) is 0 Å². The van der Waals surface area contributed by atoms with Gasteiger partial charge in [-0.15, -0.1) is 10.2 Å². The second kappa shape index (κ2) is 6.42. The Morgan fingerprint density at radius 1 is 1.29 bits per heavy atom. The topological polar surface area (TPSA) is 146 Å². The summed E-state index contributed by atoms with van der Waals surface area (Å²) in [7, 11) is 0. The normalized spacial score (nSPS) is 27.3. The Morgan fingerprint density at radius 3 is 2.62 bits per heavy atom. The van der Waals surface area contributed by atoms with Crippen LogP contribution in [0.1, 0.15) is 6.23 Å². The molecule has 1 aliphatic rings. The van der Waals surface area contributed by atoms with Crippen LogP contribution in [0.15, 0.2) is 34.5 Å². The fourth-order valence-electron chi connectivity index (χ4n) is 2.78. The number of thiocarbonyl (C=S) groups is 1. The Kier molecular flexibility index (Phi) is 4.47. The van der Waals surface area contributed by atoms with Crippen LogP contribution in [-0.2, 0) is 4.74 Å². The summed E-state index contributed by atoms with van der Waals surface area (Å²) in [6.07, 6.45) is -4.70. The van der Waals surface area contributed by atoms with Crippen molar-refractivity contribution < 1.29 is 25.2 Å². The zero-order valence-electron chi connectivity index (χ0n) is 12.4. The number of aliphatic hydroxyl groups is 3. The summed E-state index contributed by atoms with van der Waals surface area (Å²) in [6, 6.07) is 6.85. The van der Waals surface area contributed by atoms with Crippen molar-refractivity contribution in [1.82, 2.24) is 4.57 Å². The predicted molar refractivity (Wildman–Crippen MR) is 87.9 cm³/mol. The summed E-state index contributed by atoms with van der Waals surface area (Å²) in [6.45, 7) is -0.470. The minimum Gasteiger partial charge on any atom is -0.493 e. The summed E-state index contributed by atoms with van der Waals surface area (Å²) >= 11 is 4.64. The van der Waals surface area contributed by atoms with Crippen LogP contribution in [0.4, 0.5) is 5.69 Å². The smallest absolute Gasteiger partial charge is 0.223 e. The molecule has 1 aliphatic heterocycles. The van der Waals surface area contributed by atoms with Crippen molar-refractivity contribution in [2.24, 2.45) is 16.0 Å². The van der Waals surface area contributed by atoms with Crippen LogP contribution in [-0.4, -0.2) is 55.0 Å². The number of aromatic hydroxyl groups is 1. The molecule has 0 radical (unpaired) electrons. The zero-order chi connectivity index (χ0) is 17.4. The highest BCUT2D eigenvalue weighted by atomic mass is 32.1. The molecule has 2 heterocycles. The van der Waals surface area contributed by atoms with E-state index in [1.807, 2.05) is 0 Å². The van der Waals surface area contributed by atoms with E-state index in [9.17, 15) is 20.4 Å². The van der Waals surface area contributed by atoms with Gasteiger partial charge in [0.1, 0.15) is 18.3 Å². The van der Waals surface area contributed by atoms with Gasteiger partial charge < -0.3 is 30.9 Å². The highest BCUT2D eigenvalue weighted by molar-refractivity contribution is 7.80. The molecule has 3 rings (SSSR count). The molecule has 10 heteroatoms. The number of nitrogens with zero attached hydrogens (tertiary/aromatic N) is 3. The third kappa shape index (κ3) is 2.64. The Hall–Kier alpha value is -2.11. The van der Waals surface area contributed by atoms with Crippen molar-refractivity contribution in [2.75, 3.05) is 6.61 Å². The van der Waals surface area contributed by atoms with E-state index in [1.54, 1.807) is 24.3 Å². The quantitative estimate of drug-likeness (QED) is 0.394. The van der Waals surface area contributed by atoms with Gasteiger partial charge in [0, 0.05) is 5.39 Å². The maximum Gasteiger partial charge on any atom is 0.223 e. The number of hydrogen-bond donors (Lipinski definition) is 5. The SMILES string of the molecule is NC(=S)N=Nc1c(O)n([C@@H]2O[C@H](CO)[C@@H](O)[C@H]2O)c2ccccc12. The number of ether oxygens (including phenoxy) is 1. The first-order valence-corrected chi connectivity index (χ1v) is 7.52. The molecular weight excluding hydrogens is 336 g/mol. The van der Waals surface area contributed by atoms with Gasteiger partial charge in [-0.2, -0.15) is 0 Å². The number of para-hydroxylation sites is 1. The van der Waals surface area contributed by atoms with Crippen molar-refractivity contribution >= 4 is 33.9 Å². The van der Waals surface area contributed by atoms with Crippen LogP contribution in [0.3, 0.4) is 0 Å². The molecule has 24 heavy (non-hydrogen) atoms. The monoisotopic (exact) mass is 352 g/mol. The van der Waals surface area contributed by atoms with E-state index in [0.29, 0.717) is 10.9 Å². The number of hydrogen-bond acceptors (Lipinski definition) is 7. The molecule has 128 valence electrons. The Bertz CT molecular complexity index is 808. The lowest BCUT2D eigenvalue weighted by Gasteiger charge is -2.18. The molecule has 1 aromatic heterocycles. The third-order valence-corrected chi connectivity index (χ3v) is 3.96. The Balaban J connectivity index is 2.15.